The summed E-state index contributed by atoms with van der Waals surface area (Å²) in [6.45, 7) is 2.21. The third-order valence-electron chi connectivity index (χ3n) is 5.02. The first-order valence-electron chi connectivity index (χ1n) is 10.8. The quantitative estimate of drug-likeness (QED) is 0.468. The van der Waals surface area contributed by atoms with E-state index in [9.17, 15) is 9.90 Å². The number of hydrogen-bond donors (Lipinski definition) is 2. The molecule has 1 unspecified atom stereocenters. The molecule has 1 fully saturated rings. The van der Waals surface area contributed by atoms with Gasteiger partial charge in [-0.05, 0) is 37.8 Å². The van der Waals surface area contributed by atoms with Crippen molar-refractivity contribution in [1.82, 2.24) is 0 Å². The largest absolute Gasteiger partial charge is 0.479 e. The molecular formula is C23H39NO3. The molecular weight excluding hydrogens is 338 g/mol. The molecule has 0 heterocycles. The fourth-order valence-corrected chi connectivity index (χ4v) is 3.32. The monoisotopic (exact) mass is 377 g/mol. The number of ether oxygens (including phenoxy) is 1. The lowest BCUT2D eigenvalue weighted by Crippen LogP contribution is -2.26. The fraction of sp³-hybridized carbons (Fsp3) is 0.696. The van der Waals surface area contributed by atoms with Crippen LogP contribution >= 0.6 is 0 Å². The van der Waals surface area contributed by atoms with Crippen LogP contribution in [-0.2, 0) is 4.79 Å². The van der Waals surface area contributed by atoms with Gasteiger partial charge < -0.3 is 15.6 Å². The predicted molar refractivity (Wildman–Crippen MR) is 112 cm³/mol. The van der Waals surface area contributed by atoms with E-state index in [4.69, 9.17) is 10.5 Å². The van der Waals surface area contributed by atoms with Gasteiger partial charge in [-0.1, -0.05) is 82.9 Å². The second kappa shape index (κ2) is 15.5. The van der Waals surface area contributed by atoms with Crippen molar-refractivity contribution in [2.75, 3.05) is 0 Å². The van der Waals surface area contributed by atoms with Crippen molar-refractivity contribution in [2.24, 2.45) is 5.73 Å². The Hall–Kier alpha value is -1.55. The summed E-state index contributed by atoms with van der Waals surface area (Å²) < 4.78 is 5.52. The minimum Gasteiger partial charge on any atom is -0.479 e. The summed E-state index contributed by atoms with van der Waals surface area (Å²) >= 11 is 0. The van der Waals surface area contributed by atoms with E-state index in [-0.39, 0.29) is 0 Å². The van der Waals surface area contributed by atoms with Gasteiger partial charge in [-0.2, -0.15) is 0 Å². The van der Waals surface area contributed by atoms with Crippen molar-refractivity contribution >= 4 is 5.97 Å². The Balaban J connectivity index is 0.000000433. The lowest BCUT2D eigenvalue weighted by atomic mass is 9.97. The number of aliphatic carboxylic acids is 1. The summed E-state index contributed by atoms with van der Waals surface area (Å²) in [6.07, 6.45) is 14.8. The zero-order chi connectivity index (χ0) is 19.7. The van der Waals surface area contributed by atoms with Gasteiger partial charge in [0.15, 0.2) is 6.10 Å². The van der Waals surface area contributed by atoms with Gasteiger partial charge in [-0.3, -0.25) is 0 Å². The van der Waals surface area contributed by atoms with Crippen molar-refractivity contribution < 1.29 is 14.6 Å². The van der Waals surface area contributed by atoms with Gasteiger partial charge in [0.2, 0.25) is 0 Å². The standard InChI is InChI=1S/C17H26O3.C6H13N/c1-2-3-4-5-6-7-11-14-16(17(18)19)20-15-12-9-8-10-13-15;7-6-4-2-1-3-5-6/h8-10,12-13,16H,2-7,11,14H2,1H3,(H,18,19);6H,1-5,7H2. The number of benzene rings is 1. The maximum absolute atomic E-state index is 11.2. The Morgan fingerprint density at radius 2 is 1.63 bits per heavy atom. The Kier molecular flexibility index (Phi) is 13.5. The Morgan fingerprint density at radius 3 is 2.15 bits per heavy atom. The average Bonchev–Trinajstić information content (AvgIpc) is 2.68. The first kappa shape index (κ1) is 23.5. The van der Waals surface area contributed by atoms with E-state index in [2.05, 4.69) is 6.92 Å². The highest BCUT2D eigenvalue weighted by Crippen LogP contribution is 2.16. The zero-order valence-electron chi connectivity index (χ0n) is 17.1. The molecule has 27 heavy (non-hydrogen) atoms. The molecule has 1 aliphatic carbocycles. The van der Waals surface area contributed by atoms with Crippen LogP contribution in [0.4, 0.5) is 0 Å². The van der Waals surface area contributed by atoms with E-state index in [0.717, 1.165) is 12.8 Å². The van der Waals surface area contributed by atoms with E-state index in [1.165, 1.54) is 64.2 Å². The molecule has 0 spiro atoms. The molecule has 4 nitrogen and oxygen atoms in total. The third kappa shape index (κ3) is 12.5. The molecule has 1 atom stereocenters. The number of hydrogen-bond acceptors (Lipinski definition) is 3. The molecule has 4 heteroatoms. The third-order valence-corrected chi connectivity index (χ3v) is 5.02. The van der Waals surface area contributed by atoms with Crippen molar-refractivity contribution in [3.8, 4) is 5.75 Å². The summed E-state index contributed by atoms with van der Waals surface area (Å²) in [5.74, 6) is -0.248. The number of para-hydroxylation sites is 1. The Morgan fingerprint density at radius 1 is 1.04 bits per heavy atom. The highest BCUT2D eigenvalue weighted by atomic mass is 16.5. The molecule has 1 aromatic carbocycles. The maximum Gasteiger partial charge on any atom is 0.344 e. The molecule has 0 aromatic heterocycles. The molecule has 1 saturated carbocycles. The molecule has 3 N–H and O–H groups in total. The average molecular weight is 378 g/mol. The Labute approximate surface area is 165 Å². The lowest BCUT2D eigenvalue weighted by molar-refractivity contribution is -0.145. The first-order chi connectivity index (χ1) is 13.1. The lowest BCUT2D eigenvalue weighted by Gasteiger charge is -2.15. The minimum atomic E-state index is -0.875. The highest BCUT2D eigenvalue weighted by Gasteiger charge is 2.18. The zero-order valence-corrected chi connectivity index (χ0v) is 17.1. The number of carboxylic acids is 1. The molecule has 2 rings (SSSR count). The van der Waals surface area contributed by atoms with Gasteiger partial charge in [0.1, 0.15) is 5.75 Å². The van der Waals surface area contributed by atoms with Gasteiger partial charge in [0, 0.05) is 6.04 Å². The van der Waals surface area contributed by atoms with Crippen LogP contribution in [-0.4, -0.2) is 23.2 Å². The second-order valence-corrected chi connectivity index (χ2v) is 7.57. The van der Waals surface area contributed by atoms with Gasteiger partial charge in [-0.25, -0.2) is 4.79 Å². The molecule has 0 radical (unpaired) electrons. The van der Waals surface area contributed by atoms with Crippen LogP contribution < -0.4 is 10.5 Å². The summed E-state index contributed by atoms with van der Waals surface area (Å²) in [5, 5.41) is 9.18. The summed E-state index contributed by atoms with van der Waals surface area (Å²) in [6, 6.07) is 9.71. The highest BCUT2D eigenvalue weighted by molar-refractivity contribution is 5.72. The first-order valence-corrected chi connectivity index (χ1v) is 10.8. The van der Waals surface area contributed by atoms with Crippen molar-refractivity contribution in [1.29, 1.82) is 0 Å². The topological polar surface area (TPSA) is 72.5 Å². The Bertz CT molecular complexity index is 472. The number of rotatable bonds is 11. The van der Waals surface area contributed by atoms with Crippen LogP contribution in [0.5, 0.6) is 5.75 Å². The van der Waals surface area contributed by atoms with Gasteiger partial charge in [0.25, 0.3) is 0 Å². The van der Waals surface area contributed by atoms with E-state index in [1.54, 1.807) is 12.1 Å². The number of nitrogens with two attached hydrogens (primary N) is 1. The van der Waals surface area contributed by atoms with Gasteiger partial charge >= 0.3 is 5.97 Å². The van der Waals surface area contributed by atoms with Crippen molar-refractivity contribution in [3.05, 3.63) is 30.3 Å². The van der Waals surface area contributed by atoms with E-state index in [0.29, 0.717) is 18.2 Å². The van der Waals surface area contributed by atoms with Gasteiger partial charge in [-0.15, -0.1) is 0 Å². The van der Waals surface area contributed by atoms with E-state index in [1.807, 2.05) is 18.2 Å². The number of unbranched alkanes of at least 4 members (excludes halogenated alkanes) is 6. The molecule has 1 aromatic rings. The molecule has 0 saturated heterocycles. The molecule has 1 aliphatic rings. The SMILES string of the molecule is CCCCCCCCCC(Oc1ccccc1)C(=O)O.NC1CCCCC1. The predicted octanol–water partition coefficient (Wildman–Crippen LogP) is 5.94. The van der Waals surface area contributed by atoms with Gasteiger partial charge in [0.05, 0.1) is 0 Å². The smallest absolute Gasteiger partial charge is 0.344 e. The minimum absolute atomic E-state index is 0.536. The summed E-state index contributed by atoms with van der Waals surface area (Å²) in [5.41, 5.74) is 5.63. The van der Waals surface area contributed by atoms with Crippen LogP contribution in [0, 0.1) is 0 Å². The van der Waals surface area contributed by atoms with Crippen LogP contribution in [0.15, 0.2) is 30.3 Å². The second-order valence-electron chi connectivity index (χ2n) is 7.57. The molecule has 154 valence electrons. The number of carbonyl (C=O) groups is 1. The van der Waals surface area contributed by atoms with Crippen LogP contribution in [0.3, 0.4) is 0 Å². The molecule has 0 aliphatic heterocycles. The number of carboxylic acid groups (broad SMARTS) is 1. The van der Waals surface area contributed by atoms with E-state index < -0.39 is 12.1 Å². The summed E-state index contributed by atoms with van der Waals surface area (Å²) in [7, 11) is 0. The van der Waals surface area contributed by atoms with Crippen molar-refractivity contribution in [3.63, 3.8) is 0 Å². The van der Waals surface area contributed by atoms with Crippen LogP contribution in [0.25, 0.3) is 0 Å². The summed E-state index contributed by atoms with van der Waals surface area (Å²) in [4.78, 5) is 11.2. The normalized spacial score (nSPS) is 15.5. The molecule has 0 bridgehead atoms. The maximum atomic E-state index is 11.2. The van der Waals surface area contributed by atoms with Crippen LogP contribution in [0.1, 0.15) is 90.4 Å². The fourth-order valence-electron chi connectivity index (χ4n) is 3.32. The molecule has 0 amide bonds. The van der Waals surface area contributed by atoms with Crippen molar-refractivity contribution in [2.45, 2.75) is 103 Å². The van der Waals surface area contributed by atoms with Crippen LogP contribution in [0.2, 0.25) is 0 Å². The van der Waals surface area contributed by atoms with E-state index >= 15 is 0 Å².